The largest absolute Gasteiger partial charge is 0.444 e. The predicted octanol–water partition coefficient (Wildman–Crippen LogP) is 3.75. The van der Waals surface area contributed by atoms with Gasteiger partial charge < -0.3 is 13.8 Å². The standard InChI is InChI=1S/C17H24NO6P/c1-17(2,3)24-16(20)18-13(12-9-7-6-8-10-12)11-14(19)15(18)25(21,22-4)23-5/h6-10,13,15H,11H2,1-5H3. The first-order valence-electron chi connectivity index (χ1n) is 7.93. The third-order valence-corrected chi connectivity index (χ3v) is 6.03. The van der Waals surface area contributed by atoms with Crippen molar-refractivity contribution in [1.29, 1.82) is 0 Å². The van der Waals surface area contributed by atoms with E-state index < -0.39 is 31.1 Å². The molecule has 1 fully saturated rings. The third-order valence-electron chi connectivity index (χ3n) is 3.88. The normalized spacial score (nSPS) is 21.5. The molecule has 138 valence electrons. The number of hydrogen-bond donors (Lipinski definition) is 0. The third kappa shape index (κ3) is 4.11. The molecular formula is C17H24NO6P. The molecule has 0 bridgehead atoms. The lowest BCUT2D eigenvalue weighted by atomic mass is 10.0. The van der Waals surface area contributed by atoms with Crippen LogP contribution in [0.4, 0.5) is 4.79 Å². The van der Waals surface area contributed by atoms with Gasteiger partial charge in [-0.2, -0.15) is 0 Å². The van der Waals surface area contributed by atoms with Gasteiger partial charge in [0.15, 0.2) is 11.6 Å². The van der Waals surface area contributed by atoms with Gasteiger partial charge in [-0.15, -0.1) is 0 Å². The van der Waals surface area contributed by atoms with E-state index in [2.05, 4.69) is 0 Å². The Labute approximate surface area is 147 Å². The van der Waals surface area contributed by atoms with Gasteiger partial charge in [0.05, 0.1) is 6.04 Å². The van der Waals surface area contributed by atoms with Gasteiger partial charge in [0, 0.05) is 20.6 Å². The first-order chi connectivity index (χ1) is 11.6. The number of nitrogens with zero attached hydrogens (tertiary/aromatic N) is 1. The average molecular weight is 369 g/mol. The van der Waals surface area contributed by atoms with Gasteiger partial charge in [0.2, 0.25) is 0 Å². The van der Waals surface area contributed by atoms with E-state index in [-0.39, 0.29) is 12.2 Å². The lowest BCUT2D eigenvalue weighted by Gasteiger charge is -2.33. The van der Waals surface area contributed by atoms with Crippen LogP contribution in [0.3, 0.4) is 0 Å². The Morgan fingerprint density at radius 1 is 1.16 bits per heavy atom. The topological polar surface area (TPSA) is 82.1 Å². The molecule has 0 radical (unpaired) electrons. The molecule has 0 saturated carbocycles. The average Bonchev–Trinajstić information content (AvgIpc) is 2.91. The zero-order valence-corrected chi connectivity index (χ0v) is 16.0. The molecule has 2 atom stereocenters. The fourth-order valence-corrected chi connectivity index (χ4v) is 4.38. The van der Waals surface area contributed by atoms with Crippen molar-refractivity contribution < 1.29 is 27.9 Å². The van der Waals surface area contributed by atoms with E-state index in [4.69, 9.17) is 13.8 Å². The highest BCUT2D eigenvalue weighted by Gasteiger charge is 2.55. The van der Waals surface area contributed by atoms with Gasteiger partial charge >= 0.3 is 13.7 Å². The number of benzene rings is 1. The molecule has 1 aromatic carbocycles. The van der Waals surface area contributed by atoms with Crippen molar-refractivity contribution in [3.05, 3.63) is 35.9 Å². The van der Waals surface area contributed by atoms with Crippen molar-refractivity contribution in [2.75, 3.05) is 14.2 Å². The Morgan fingerprint density at radius 2 is 1.72 bits per heavy atom. The molecular weight excluding hydrogens is 345 g/mol. The SMILES string of the molecule is COP(=O)(OC)C1C(=O)CC(c2ccccc2)N1C(=O)OC(C)(C)C. The van der Waals surface area contributed by atoms with Crippen LogP contribution >= 0.6 is 7.60 Å². The van der Waals surface area contributed by atoms with Gasteiger partial charge in [-0.1, -0.05) is 30.3 Å². The lowest BCUT2D eigenvalue weighted by Crippen LogP contribution is -2.43. The van der Waals surface area contributed by atoms with Gasteiger partial charge in [-0.05, 0) is 26.3 Å². The molecule has 1 heterocycles. The minimum absolute atomic E-state index is 0.0185. The van der Waals surface area contributed by atoms with Gasteiger partial charge in [-0.3, -0.25) is 14.3 Å². The van der Waals surface area contributed by atoms with E-state index >= 15 is 0 Å². The Kier molecular flexibility index (Phi) is 5.72. The minimum atomic E-state index is -3.84. The minimum Gasteiger partial charge on any atom is -0.444 e. The summed E-state index contributed by atoms with van der Waals surface area (Å²) in [5.41, 5.74) is -0.0125. The molecule has 1 aliphatic heterocycles. The summed E-state index contributed by atoms with van der Waals surface area (Å²) >= 11 is 0. The first-order valence-corrected chi connectivity index (χ1v) is 9.54. The van der Waals surface area contributed by atoms with E-state index in [0.717, 1.165) is 5.56 Å². The van der Waals surface area contributed by atoms with Crippen LogP contribution in [-0.4, -0.2) is 42.4 Å². The highest BCUT2D eigenvalue weighted by atomic mass is 31.2. The second-order valence-electron chi connectivity index (χ2n) is 6.76. The molecule has 1 amide bonds. The lowest BCUT2D eigenvalue weighted by molar-refractivity contribution is -0.118. The van der Waals surface area contributed by atoms with Crippen LogP contribution in [0.25, 0.3) is 0 Å². The number of likely N-dealkylation sites (tertiary alicyclic amines) is 1. The zero-order valence-electron chi connectivity index (χ0n) is 15.1. The summed E-state index contributed by atoms with van der Waals surface area (Å²) in [5, 5.41) is 0. The number of carbonyl (C=O) groups is 2. The zero-order chi connectivity index (χ0) is 18.8. The van der Waals surface area contributed by atoms with Crippen LogP contribution in [0.2, 0.25) is 0 Å². The smallest absolute Gasteiger partial charge is 0.411 e. The molecule has 1 aromatic rings. The molecule has 25 heavy (non-hydrogen) atoms. The fourth-order valence-electron chi connectivity index (χ4n) is 2.82. The summed E-state index contributed by atoms with van der Waals surface area (Å²) in [6.45, 7) is 5.17. The Bertz CT molecular complexity index is 676. The maximum Gasteiger partial charge on any atom is 0.411 e. The number of ether oxygens (including phenoxy) is 1. The fraction of sp³-hybridized carbons (Fsp3) is 0.529. The number of amides is 1. The van der Waals surface area contributed by atoms with E-state index in [0.29, 0.717) is 0 Å². The van der Waals surface area contributed by atoms with Crippen LogP contribution in [-0.2, 0) is 23.1 Å². The Balaban J connectivity index is 2.49. The number of Topliss-reactive ketones (excluding diaryl/α,β-unsaturated/α-hetero) is 1. The van der Waals surface area contributed by atoms with E-state index in [1.807, 2.05) is 30.3 Å². The summed E-state index contributed by atoms with van der Waals surface area (Å²) in [5.74, 6) is -1.71. The number of hydrogen-bond acceptors (Lipinski definition) is 6. The summed E-state index contributed by atoms with van der Waals surface area (Å²) in [7, 11) is -1.45. The van der Waals surface area contributed by atoms with Crippen molar-refractivity contribution in [3.8, 4) is 0 Å². The molecule has 7 nitrogen and oxygen atoms in total. The highest BCUT2D eigenvalue weighted by molar-refractivity contribution is 7.55. The number of rotatable bonds is 4. The summed E-state index contributed by atoms with van der Waals surface area (Å²) in [6.07, 6.45) is -0.712. The molecule has 0 spiro atoms. The maximum absolute atomic E-state index is 12.9. The summed E-state index contributed by atoms with van der Waals surface area (Å²) in [4.78, 5) is 26.6. The molecule has 2 unspecified atom stereocenters. The molecule has 2 rings (SSSR count). The van der Waals surface area contributed by atoms with Crippen molar-refractivity contribution in [3.63, 3.8) is 0 Å². The Hall–Kier alpha value is -1.69. The van der Waals surface area contributed by atoms with Crippen LogP contribution in [0.5, 0.6) is 0 Å². The van der Waals surface area contributed by atoms with Crippen LogP contribution < -0.4 is 0 Å². The van der Waals surface area contributed by atoms with Crippen LogP contribution in [0, 0.1) is 0 Å². The monoisotopic (exact) mass is 369 g/mol. The molecule has 1 saturated heterocycles. The molecule has 0 N–H and O–H groups in total. The maximum atomic E-state index is 12.9. The second kappa shape index (κ2) is 7.28. The van der Waals surface area contributed by atoms with Crippen molar-refractivity contribution in [1.82, 2.24) is 4.90 Å². The van der Waals surface area contributed by atoms with Gasteiger partial charge in [0.1, 0.15) is 5.60 Å². The number of ketones is 1. The highest BCUT2D eigenvalue weighted by Crippen LogP contribution is 2.58. The van der Waals surface area contributed by atoms with Crippen molar-refractivity contribution in [2.45, 2.75) is 44.6 Å². The van der Waals surface area contributed by atoms with Crippen molar-refractivity contribution in [2.24, 2.45) is 0 Å². The number of carbonyl (C=O) groups excluding carboxylic acids is 2. The Morgan fingerprint density at radius 3 is 2.20 bits per heavy atom. The molecule has 1 aliphatic rings. The van der Waals surface area contributed by atoms with E-state index in [1.54, 1.807) is 20.8 Å². The van der Waals surface area contributed by atoms with Crippen LogP contribution in [0.15, 0.2) is 30.3 Å². The van der Waals surface area contributed by atoms with Gasteiger partial charge in [-0.25, -0.2) is 4.79 Å². The molecule has 8 heteroatoms. The quantitative estimate of drug-likeness (QED) is 0.752. The molecule has 0 aromatic heterocycles. The summed E-state index contributed by atoms with van der Waals surface area (Å²) in [6, 6.07) is 8.49. The van der Waals surface area contributed by atoms with Crippen LogP contribution in [0.1, 0.15) is 38.8 Å². The van der Waals surface area contributed by atoms with Gasteiger partial charge in [0.25, 0.3) is 0 Å². The second-order valence-corrected chi connectivity index (χ2v) is 9.06. The van der Waals surface area contributed by atoms with Crippen molar-refractivity contribution >= 4 is 19.5 Å². The van der Waals surface area contributed by atoms with E-state index in [1.165, 1.54) is 19.1 Å². The first kappa shape index (κ1) is 19.6. The predicted molar refractivity (Wildman–Crippen MR) is 92.3 cm³/mol. The van der Waals surface area contributed by atoms with E-state index in [9.17, 15) is 14.2 Å². The summed E-state index contributed by atoms with van der Waals surface area (Å²) < 4.78 is 28.3. The molecule has 0 aliphatic carbocycles.